The number of hydrogen-bond acceptors (Lipinski definition) is 3. The van der Waals surface area contributed by atoms with Crippen LogP contribution in [-0.2, 0) is 31.9 Å². The summed E-state index contributed by atoms with van der Waals surface area (Å²) in [7, 11) is 0. The Morgan fingerprint density at radius 1 is 0.882 bits per heavy atom. The molecule has 0 spiro atoms. The van der Waals surface area contributed by atoms with Crippen LogP contribution < -0.4 is 14.1 Å². The fraction of sp³-hybridized carbons (Fsp3) is 0.289. The topological polar surface area (TPSA) is 30.3 Å². The fourth-order valence-electron chi connectivity index (χ4n) is 9.20. The maximum atomic E-state index is 8.99. The summed E-state index contributed by atoms with van der Waals surface area (Å²) in [6, 6.07) is 27.0. The molecule has 5 heterocycles. The number of ether oxygens (including phenoxy) is 1. The van der Waals surface area contributed by atoms with E-state index in [0.717, 1.165) is 51.0 Å². The van der Waals surface area contributed by atoms with Crippen molar-refractivity contribution >= 4 is 33.2 Å². The van der Waals surface area contributed by atoms with Crippen molar-refractivity contribution in [3.05, 3.63) is 139 Å². The first-order chi connectivity index (χ1) is 26.1. The Morgan fingerprint density at radius 2 is 1.67 bits per heavy atom. The average Bonchev–Trinajstić information content (AvgIpc) is 3.98. The Bertz CT molecular complexity index is 2650. The normalized spacial score (nSPS) is 25.9. The molecular weight excluding hydrogens is 808 g/mol. The van der Waals surface area contributed by atoms with E-state index in [2.05, 4.69) is 124 Å². The second kappa shape index (κ2) is 11.2. The zero-order chi connectivity index (χ0) is 38.5. The van der Waals surface area contributed by atoms with Gasteiger partial charge in [-0.25, -0.2) is 4.98 Å². The Kier molecular flexibility index (Phi) is 6.01. The largest absolute Gasteiger partial charge is 0.509 e. The standard InChI is InChI=1S/C45H42N4O.Pt/c1-44(2,3)29-18-19-46-41(24-29)48-38-15-11-10-14-35(38)36-17-16-33(26-39(36)48)50-34-23-30(45(4,5)6)22-31(25-34)47-27-49(32-12-8-7-9-13-32)40-21-28-20-37(40)42(47)43(28)49;/h7-19,21-24,27-28,37,42-43H,20H2,1-6H3;/q-2;/t28?,37-,42-,43?,49?;/m0./s1/i7D,8D,9D,12D,13D;. The summed E-state index contributed by atoms with van der Waals surface area (Å²) in [5.74, 6) is 2.44. The molecule has 1 saturated carbocycles. The van der Waals surface area contributed by atoms with Gasteiger partial charge in [-0.1, -0.05) is 83.4 Å². The molecule has 0 radical (unpaired) electrons. The smallest absolute Gasteiger partial charge is 0.135 e. The third-order valence-corrected chi connectivity index (χ3v) is 11.5. The third-order valence-electron chi connectivity index (χ3n) is 11.5. The number of rotatable bonds is 5. The van der Waals surface area contributed by atoms with E-state index in [9.17, 15) is 0 Å². The van der Waals surface area contributed by atoms with Crippen LogP contribution in [0.2, 0.25) is 0 Å². The Morgan fingerprint density at radius 3 is 2.45 bits per heavy atom. The van der Waals surface area contributed by atoms with Gasteiger partial charge in [-0.15, -0.1) is 47.0 Å². The number of piperidine rings is 1. The first-order valence-corrected chi connectivity index (χ1v) is 17.6. The summed E-state index contributed by atoms with van der Waals surface area (Å²) in [4.78, 5) is 7.09. The molecule has 3 fully saturated rings. The van der Waals surface area contributed by atoms with Crippen molar-refractivity contribution in [2.24, 2.45) is 11.8 Å². The molecule has 2 aromatic heterocycles. The molecule has 2 saturated heterocycles. The van der Waals surface area contributed by atoms with Gasteiger partial charge < -0.3 is 18.7 Å². The van der Waals surface area contributed by atoms with Crippen LogP contribution >= 0.6 is 0 Å². The van der Waals surface area contributed by atoms with E-state index < -0.39 is 0 Å². The van der Waals surface area contributed by atoms with Gasteiger partial charge in [0.1, 0.15) is 17.5 Å². The summed E-state index contributed by atoms with van der Waals surface area (Å²) in [5, 5.41) is 2.17. The molecule has 5 atom stereocenters. The number of hydrogen-bond donors (Lipinski definition) is 0. The molecule has 5 nitrogen and oxygen atoms in total. The third kappa shape index (κ3) is 4.70. The van der Waals surface area contributed by atoms with Gasteiger partial charge in [-0.05, 0) is 71.2 Å². The minimum absolute atomic E-state index is 0. The second-order valence-corrected chi connectivity index (χ2v) is 16.4. The second-order valence-electron chi connectivity index (χ2n) is 16.4. The Hall–Kier alpha value is -4.18. The summed E-state index contributed by atoms with van der Waals surface area (Å²) in [5.41, 5.74) is 6.25. The average molecular weight is 855 g/mol. The van der Waals surface area contributed by atoms with Gasteiger partial charge in [-0.3, -0.25) is 0 Å². The van der Waals surface area contributed by atoms with E-state index in [0.29, 0.717) is 17.2 Å². The molecule has 4 aromatic carbocycles. The number of para-hydroxylation sites is 2. The molecule has 260 valence electrons. The van der Waals surface area contributed by atoms with E-state index in [-0.39, 0.29) is 90.5 Å². The zero-order valence-electron chi connectivity index (χ0n) is 34.5. The summed E-state index contributed by atoms with van der Waals surface area (Å²) in [6.45, 7) is 15.2. The number of nitrogens with zero attached hydrogens (tertiary/aromatic N) is 4. The van der Waals surface area contributed by atoms with Gasteiger partial charge in [-0.2, -0.15) is 6.07 Å². The maximum absolute atomic E-state index is 8.99. The van der Waals surface area contributed by atoms with E-state index in [1.54, 1.807) is 0 Å². The van der Waals surface area contributed by atoms with E-state index in [4.69, 9.17) is 16.6 Å². The molecule has 6 heteroatoms. The van der Waals surface area contributed by atoms with Crippen LogP contribution in [0.25, 0.3) is 27.6 Å². The Labute approximate surface area is 322 Å². The van der Waals surface area contributed by atoms with Crippen molar-refractivity contribution in [3.63, 3.8) is 0 Å². The van der Waals surface area contributed by atoms with Crippen LogP contribution in [0.1, 0.15) is 65.9 Å². The van der Waals surface area contributed by atoms with Gasteiger partial charge in [0.05, 0.1) is 24.5 Å². The van der Waals surface area contributed by atoms with Crippen molar-refractivity contribution in [1.82, 2.24) is 14.0 Å². The number of anilines is 1. The quantitative estimate of drug-likeness (QED) is 0.128. The fourth-order valence-corrected chi connectivity index (χ4v) is 9.20. The van der Waals surface area contributed by atoms with E-state index in [1.165, 1.54) is 5.56 Å². The molecule has 6 aromatic rings. The minimum atomic E-state index is -0.367. The monoisotopic (exact) mass is 854 g/mol. The van der Waals surface area contributed by atoms with E-state index >= 15 is 0 Å². The number of benzene rings is 4. The van der Waals surface area contributed by atoms with Gasteiger partial charge >= 0.3 is 0 Å². The zero-order valence-corrected chi connectivity index (χ0v) is 31.8. The predicted octanol–water partition coefficient (Wildman–Crippen LogP) is 10.4. The van der Waals surface area contributed by atoms with Crippen LogP contribution in [0.4, 0.5) is 11.4 Å². The number of quaternary nitrogens is 1. The number of pyridine rings is 1. The molecule has 3 unspecified atom stereocenters. The van der Waals surface area contributed by atoms with Crippen LogP contribution in [0, 0.1) is 30.6 Å². The molecule has 3 aliphatic heterocycles. The van der Waals surface area contributed by atoms with Crippen LogP contribution in [-0.4, -0.2) is 21.6 Å². The van der Waals surface area contributed by atoms with Gasteiger partial charge in [0, 0.05) is 50.2 Å². The summed E-state index contributed by atoms with van der Waals surface area (Å²) < 4.78 is 52.4. The van der Waals surface area contributed by atoms with Crippen molar-refractivity contribution in [1.29, 1.82) is 0 Å². The van der Waals surface area contributed by atoms with Crippen molar-refractivity contribution in [3.8, 4) is 17.3 Å². The molecule has 6 bridgehead atoms. The molecule has 0 N–H and O–H groups in total. The molecule has 0 amide bonds. The molecule has 5 aliphatic rings. The van der Waals surface area contributed by atoms with Crippen LogP contribution in [0.15, 0.2) is 109 Å². The van der Waals surface area contributed by atoms with E-state index in [1.807, 2.05) is 18.3 Å². The number of fused-ring (bicyclic) bond motifs is 3. The number of aromatic nitrogens is 2. The van der Waals surface area contributed by atoms with Crippen molar-refractivity contribution in [2.75, 3.05) is 4.90 Å². The summed E-state index contributed by atoms with van der Waals surface area (Å²) >= 11 is 0. The SMILES string of the molecule is [2H]c1c([2H])c([2H])c([N+]23[CH-]N(c4[c-]c(Oc5[c-]c6c(cc5)c5ccccc5n6-c5cc(C(C)(C)C)ccn5)cc(C(C)(C)C)c4)[C@@H]4C2C2C=C3[C@@H]4C2)c([2H])c1[2H].[Pt]. The molecular formula is C45H42N4OPt-2. The Balaban J connectivity index is 0.00000410. The minimum Gasteiger partial charge on any atom is -0.509 e. The van der Waals surface area contributed by atoms with Crippen molar-refractivity contribution in [2.45, 2.75) is 70.9 Å². The van der Waals surface area contributed by atoms with Crippen LogP contribution in [0.3, 0.4) is 0 Å². The van der Waals surface area contributed by atoms with Crippen LogP contribution in [0.5, 0.6) is 11.5 Å². The van der Waals surface area contributed by atoms with Crippen molar-refractivity contribution < 1.29 is 32.7 Å². The molecule has 11 rings (SSSR count). The molecule has 51 heavy (non-hydrogen) atoms. The van der Waals surface area contributed by atoms with Gasteiger partial charge in [0.15, 0.2) is 0 Å². The van der Waals surface area contributed by atoms with Gasteiger partial charge in [0.2, 0.25) is 0 Å². The van der Waals surface area contributed by atoms with Gasteiger partial charge in [0.25, 0.3) is 0 Å². The predicted molar refractivity (Wildman–Crippen MR) is 202 cm³/mol. The molecule has 2 aliphatic carbocycles. The first-order valence-electron chi connectivity index (χ1n) is 20.1. The maximum Gasteiger partial charge on any atom is 0.135 e. The summed E-state index contributed by atoms with van der Waals surface area (Å²) in [6.07, 6.45) is 5.18. The first kappa shape index (κ1) is 27.5.